The Morgan fingerprint density at radius 3 is 2.18 bits per heavy atom. The van der Waals surface area contributed by atoms with E-state index >= 15 is 0 Å². The van der Waals surface area contributed by atoms with Crippen LogP contribution in [0.4, 0.5) is 0 Å². The summed E-state index contributed by atoms with van der Waals surface area (Å²) in [6.45, 7) is 12.8. The Morgan fingerprint density at radius 2 is 1.91 bits per heavy atom. The highest BCUT2D eigenvalue weighted by atomic mass is 16.3. The van der Waals surface area contributed by atoms with Gasteiger partial charge in [0.1, 0.15) is 0 Å². The summed E-state index contributed by atoms with van der Waals surface area (Å²) in [7, 11) is 0. The molecule has 0 radical (unpaired) electrons. The van der Waals surface area contributed by atoms with E-state index in [4.69, 9.17) is 5.11 Å². The quantitative estimate of drug-likeness (QED) is 0.620. The predicted molar refractivity (Wildman–Crippen MR) is 51.5 cm³/mol. The van der Waals surface area contributed by atoms with Crippen LogP contribution in [0.5, 0.6) is 0 Å². The second kappa shape index (κ2) is 9.18. The average molecular weight is 154 g/mol. The summed E-state index contributed by atoms with van der Waals surface area (Å²) < 4.78 is 0. The van der Waals surface area contributed by atoms with E-state index in [-0.39, 0.29) is 0 Å². The van der Waals surface area contributed by atoms with Gasteiger partial charge in [-0.3, -0.25) is 0 Å². The summed E-state index contributed by atoms with van der Waals surface area (Å²) in [5.41, 5.74) is 0.704. The molecule has 64 valence electrons. The van der Waals surface area contributed by atoms with Gasteiger partial charge in [0.05, 0.1) is 6.10 Å². The van der Waals surface area contributed by atoms with Crippen LogP contribution >= 0.6 is 0 Å². The lowest BCUT2D eigenvalue weighted by molar-refractivity contribution is 0.236. The first kappa shape index (κ1) is 12.8. The van der Waals surface area contributed by atoms with E-state index in [1.807, 2.05) is 13.8 Å². The standard InChI is InChI=1S/C8H12O.C2H6/c1-4-5-6-7(2)8(3)9;1-2/h4-6,8-9H,1-2H2,3H3;1-2H3/b6-5-;. The molecule has 0 aliphatic rings. The zero-order valence-corrected chi connectivity index (χ0v) is 7.67. The second-order valence-corrected chi connectivity index (χ2v) is 1.85. The van der Waals surface area contributed by atoms with Gasteiger partial charge in [0, 0.05) is 0 Å². The van der Waals surface area contributed by atoms with Crippen LogP contribution in [0, 0.1) is 0 Å². The van der Waals surface area contributed by atoms with Gasteiger partial charge < -0.3 is 5.11 Å². The number of allylic oxidation sites excluding steroid dienone is 2. The lowest BCUT2D eigenvalue weighted by atomic mass is 10.2. The number of hydrogen-bond donors (Lipinski definition) is 1. The molecule has 0 aromatic heterocycles. The van der Waals surface area contributed by atoms with Crippen LogP contribution in [0.3, 0.4) is 0 Å². The zero-order chi connectivity index (χ0) is 9.28. The zero-order valence-electron chi connectivity index (χ0n) is 7.67. The van der Waals surface area contributed by atoms with Crippen LogP contribution in [-0.2, 0) is 0 Å². The third-order valence-corrected chi connectivity index (χ3v) is 0.983. The van der Waals surface area contributed by atoms with Crippen LogP contribution in [0.2, 0.25) is 0 Å². The van der Waals surface area contributed by atoms with E-state index in [2.05, 4.69) is 13.2 Å². The third-order valence-electron chi connectivity index (χ3n) is 0.983. The molecule has 0 heterocycles. The van der Waals surface area contributed by atoms with Crippen LogP contribution in [0.15, 0.2) is 37.0 Å². The number of hydrogen-bond acceptors (Lipinski definition) is 1. The van der Waals surface area contributed by atoms with Crippen molar-refractivity contribution in [3.8, 4) is 0 Å². The van der Waals surface area contributed by atoms with Gasteiger partial charge in [-0.25, -0.2) is 0 Å². The van der Waals surface area contributed by atoms with E-state index in [0.717, 1.165) is 0 Å². The Labute approximate surface area is 69.8 Å². The molecule has 0 saturated heterocycles. The van der Waals surface area contributed by atoms with Gasteiger partial charge in [-0.05, 0) is 12.5 Å². The van der Waals surface area contributed by atoms with Gasteiger partial charge in [-0.15, -0.1) is 0 Å². The van der Waals surface area contributed by atoms with Gasteiger partial charge in [0.25, 0.3) is 0 Å². The van der Waals surface area contributed by atoms with Gasteiger partial charge in [0.2, 0.25) is 0 Å². The molecule has 0 aromatic rings. The van der Waals surface area contributed by atoms with Crippen LogP contribution in [0.1, 0.15) is 20.8 Å². The number of aliphatic hydroxyl groups is 1. The first-order valence-electron chi connectivity index (χ1n) is 3.84. The highest BCUT2D eigenvalue weighted by molar-refractivity contribution is 5.20. The molecule has 0 spiro atoms. The second-order valence-electron chi connectivity index (χ2n) is 1.85. The maximum absolute atomic E-state index is 8.86. The average Bonchev–Trinajstić information content (AvgIpc) is 2.03. The van der Waals surface area contributed by atoms with Crippen molar-refractivity contribution in [1.29, 1.82) is 0 Å². The molecule has 0 amide bonds. The summed E-state index contributed by atoms with van der Waals surface area (Å²) in [6, 6.07) is 0. The monoisotopic (exact) mass is 154 g/mol. The predicted octanol–water partition coefficient (Wildman–Crippen LogP) is 2.69. The van der Waals surface area contributed by atoms with Crippen molar-refractivity contribution < 1.29 is 5.11 Å². The van der Waals surface area contributed by atoms with Crippen molar-refractivity contribution in [2.75, 3.05) is 0 Å². The molecule has 1 N–H and O–H groups in total. The molecule has 0 aliphatic heterocycles. The fourth-order valence-corrected chi connectivity index (χ4v) is 0.331. The molecule has 1 heteroatoms. The van der Waals surface area contributed by atoms with Crippen molar-refractivity contribution in [2.24, 2.45) is 0 Å². The molecule has 0 fully saturated rings. The van der Waals surface area contributed by atoms with E-state index < -0.39 is 6.10 Å². The van der Waals surface area contributed by atoms with Crippen LogP contribution in [-0.4, -0.2) is 11.2 Å². The van der Waals surface area contributed by atoms with Crippen molar-refractivity contribution in [2.45, 2.75) is 26.9 Å². The lowest BCUT2D eigenvalue weighted by Crippen LogP contribution is -1.99. The maximum Gasteiger partial charge on any atom is 0.0756 e. The van der Waals surface area contributed by atoms with Crippen LogP contribution < -0.4 is 0 Å². The molecule has 0 saturated carbocycles. The highest BCUT2D eigenvalue weighted by Gasteiger charge is 1.93. The van der Waals surface area contributed by atoms with Crippen molar-refractivity contribution in [3.63, 3.8) is 0 Å². The molecule has 1 nitrogen and oxygen atoms in total. The van der Waals surface area contributed by atoms with E-state index in [0.29, 0.717) is 5.57 Å². The molecular formula is C10H18O. The molecule has 0 bridgehead atoms. The summed E-state index contributed by atoms with van der Waals surface area (Å²) in [6.07, 6.45) is 4.67. The minimum Gasteiger partial charge on any atom is -0.389 e. The number of rotatable bonds is 3. The summed E-state index contributed by atoms with van der Waals surface area (Å²) in [4.78, 5) is 0. The Balaban J connectivity index is 0. The molecule has 1 atom stereocenters. The number of aliphatic hydroxyl groups excluding tert-OH is 1. The van der Waals surface area contributed by atoms with E-state index in [9.17, 15) is 0 Å². The molecular weight excluding hydrogens is 136 g/mol. The van der Waals surface area contributed by atoms with Crippen molar-refractivity contribution >= 4 is 0 Å². The molecule has 0 aliphatic carbocycles. The highest BCUT2D eigenvalue weighted by Crippen LogP contribution is 1.98. The van der Waals surface area contributed by atoms with Gasteiger partial charge in [-0.1, -0.05) is 45.2 Å². The van der Waals surface area contributed by atoms with Gasteiger partial charge in [0.15, 0.2) is 0 Å². The summed E-state index contributed by atoms with van der Waals surface area (Å²) >= 11 is 0. The smallest absolute Gasteiger partial charge is 0.0756 e. The van der Waals surface area contributed by atoms with Crippen molar-refractivity contribution in [1.82, 2.24) is 0 Å². The minimum absolute atomic E-state index is 0.457. The first-order valence-corrected chi connectivity index (χ1v) is 3.84. The fraction of sp³-hybridized carbons (Fsp3) is 0.400. The maximum atomic E-state index is 8.86. The topological polar surface area (TPSA) is 20.2 Å². The van der Waals surface area contributed by atoms with E-state index in [1.165, 1.54) is 0 Å². The minimum atomic E-state index is -0.457. The van der Waals surface area contributed by atoms with Gasteiger partial charge >= 0.3 is 0 Å². The SMILES string of the molecule is C=C/C=C\C(=C)C(C)O.CC. The first-order chi connectivity index (χ1) is 5.18. The third kappa shape index (κ3) is 9.18. The van der Waals surface area contributed by atoms with Gasteiger partial charge in [-0.2, -0.15) is 0 Å². The van der Waals surface area contributed by atoms with E-state index in [1.54, 1.807) is 25.2 Å². The molecule has 0 aromatic carbocycles. The van der Waals surface area contributed by atoms with Crippen molar-refractivity contribution in [3.05, 3.63) is 37.0 Å². The molecule has 11 heavy (non-hydrogen) atoms. The Morgan fingerprint density at radius 1 is 1.45 bits per heavy atom. The summed E-state index contributed by atoms with van der Waals surface area (Å²) in [5, 5.41) is 8.86. The Bertz CT molecular complexity index is 132. The Kier molecular flexibility index (Phi) is 10.7. The lowest BCUT2D eigenvalue weighted by Gasteiger charge is -1.99. The normalized spacial score (nSPS) is 11.6. The van der Waals surface area contributed by atoms with Crippen LogP contribution in [0.25, 0.3) is 0 Å². The Hall–Kier alpha value is -0.820. The molecule has 1 unspecified atom stereocenters. The summed E-state index contributed by atoms with van der Waals surface area (Å²) in [5.74, 6) is 0. The fourth-order valence-electron chi connectivity index (χ4n) is 0.331. The largest absolute Gasteiger partial charge is 0.389 e. The molecule has 0 rings (SSSR count).